The number of rotatable bonds is 20. The van der Waals surface area contributed by atoms with Gasteiger partial charge in [0.1, 0.15) is 18.0 Å². The Bertz CT molecular complexity index is 1730. The van der Waals surface area contributed by atoms with Gasteiger partial charge in [0.15, 0.2) is 6.04 Å². The van der Waals surface area contributed by atoms with Crippen LogP contribution < -0.4 is 21.3 Å². The lowest BCUT2D eigenvalue weighted by Crippen LogP contribution is -2.58. The topological polar surface area (TPSA) is 238 Å². The quantitative estimate of drug-likeness (QED) is 0.0840. The normalized spacial score (nSPS) is 18.9. The highest BCUT2D eigenvalue weighted by atomic mass is 16.5. The molecule has 6 N–H and O–H groups in total. The van der Waals surface area contributed by atoms with Crippen LogP contribution in [0, 0.1) is 11.8 Å². The van der Waals surface area contributed by atoms with Gasteiger partial charge in [-0.1, -0.05) is 100 Å². The second-order valence-electron chi connectivity index (χ2n) is 14.5. The standard InChI is InChI=1S/C41H53N5O11/c1-3-14-30(35(48)38(51)42-22-32(47)44-34(41(55)56)27-19-12-7-13-20-27)43-37(50)31-21-28(57-24-25-15-8-5-9-16-25)23-46(31)39(52)33(26-17-10-6-11-18-26)45-36(49)29(4-2)40(53)54/h5,7-9,12-13,15-16,19-20,26,28-31,33-34H,3-4,6,10-11,14,17-18,21-24H2,1-2H3,(H,42,51)(H,43,50)(H,44,47)(H,45,49)(H,53,54)(H,55,56)/t28-,29?,30?,31+,33?,34?/m1/s1. The average molecular weight is 792 g/mol. The number of carbonyl (C=O) groups is 8. The van der Waals surface area contributed by atoms with Crippen LogP contribution in [0.25, 0.3) is 0 Å². The zero-order valence-corrected chi connectivity index (χ0v) is 32.3. The summed E-state index contributed by atoms with van der Waals surface area (Å²) in [5.74, 6) is -9.50. The minimum absolute atomic E-state index is 0.0124. The predicted molar refractivity (Wildman–Crippen MR) is 205 cm³/mol. The molecule has 1 saturated carbocycles. The third-order valence-electron chi connectivity index (χ3n) is 10.4. The Morgan fingerprint density at radius 1 is 0.825 bits per heavy atom. The fourth-order valence-corrected chi connectivity index (χ4v) is 7.33. The SMILES string of the molecule is CCCC(NC(=O)[C@@H]1C[C@@H](OCc2ccccc2)CN1C(=O)C(NC(=O)C(CC)C(=O)O)C1CCCCC1)C(=O)C(=O)NCC(=O)NC(C(=O)O)c1ccccc1. The van der Waals surface area contributed by atoms with E-state index in [1.807, 2.05) is 30.3 Å². The van der Waals surface area contributed by atoms with Crippen molar-refractivity contribution in [2.24, 2.45) is 11.8 Å². The summed E-state index contributed by atoms with van der Waals surface area (Å²) in [6.45, 7) is 2.75. The first-order chi connectivity index (χ1) is 27.3. The van der Waals surface area contributed by atoms with E-state index in [1.54, 1.807) is 32.0 Å². The Hall–Kier alpha value is -5.64. The molecule has 16 nitrogen and oxygen atoms in total. The summed E-state index contributed by atoms with van der Waals surface area (Å²) in [6, 6.07) is 12.2. The maximum absolute atomic E-state index is 14.5. The molecule has 0 spiro atoms. The number of nitrogens with zero attached hydrogens (tertiary/aromatic N) is 1. The smallest absolute Gasteiger partial charge is 0.330 e. The average Bonchev–Trinajstić information content (AvgIpc) is 3.65. The Morgan fingerprint density at radius 2 is 1.47 bits per heavy atom. The van der Waals surface area contributed by atoms with Crippen molar-refractivity contribution in [2.75, 3.05) is 13.1 Å². The molecule has 16 heteroatoms. The van der Waals surface area contributed by atoms with Crippen LogP contribution in [0.2, 0.25) is 0 Å². The Labute approximate surface area is 331 Å². The van der Waals surface area contributed by atoms with Crippen LogP contribution in [0.15, 0.2) is 60.7 Å². The van der Waals surface area contributed by atoms with Crippen LogP contribution in [0.3, 0.4) is 0 Å². The first kappa shape index (κ1) is 44.1. The summed E-state index contributed by atoms with van der Waals surface area (Å²) >= 11 is 0. The van der Waals surface area contributed by atoms with E-state index in [2.05, 4.69) is 21.3 Å². The van der Waals surface area contributed by atoms with E-state index in [1.165, 1.54) is 17.0 Å². The van der Waals surface area contributed by atoms with E-state index >= 15 is 0 Å². The van der Waals surface area contributed by atoms with Crippen molar-refractivity contribution in [3.8, 4) is 0 Å². The number of hydrogen-bond donors (Lipinski definition) is 6. The lowest BCUT2D eigenvalue weighted by atomic mass is 9.83. The number of benzene rings is 2. The van der Waals surface area contributed by atoms with Crippen molar-refractivity contribution in [2.45, 2.75) is 109 Å². The van der Waals surface area contributed by atoms with Gasteiger partial charge in [-0.3, -0.25) is 33.6 Å². The predicted octanol–water partition coefficient (Wildman–Crippen LogP) is 2.26. The van der Waals surface area contributed by atoms with E-state index in [4.69, 9.17) is 4.74 Å². The van der Waals surface area contributed by atoms with Crippen molar-refractivity contribution in [1.82, 2.24) is 26.2 Å². The molecule has 4 rings (SSSR count). The fourth-order valence-electron chi connectivity index (χ4n) is 7.33. The second-order valence-corrected chi connectivity index (χ2v) is 14.5. The third kappa shape index (κ3) is 12.4. The van der Waals surface area contributed by atoms with Gasteiger partial charge in [-0.2, -0.15) is 0 Å². The highest BCUT2D eigenvalue weighted by molar-refractivity contribution is 6.38. The van der Waals surface area contributed by atoms with Gasteiger partial charge >= 0.3 is 11.9 Å². The monoisotopic (exact) mass is 791 g/mol. The molecule has 6 atom stereocenters. The first-order valence-electron chi connectivity index (χ1n) is 19.5. The summed E-state index contributed by atoms with van der Waals surface area (Å²) in [6.07, 6.45) is 3.64. The van der Waals surface area contributed by atoms with Gasteiger partial charge in [0.2, 0.25) is 29.4 Å². The van der Waals surface area contributed by atoms with Crippen LogP contribution in [0.4, 0.5) is 0 Å². The van der Waals surface area contributed by atoms with Gasteiger partial charge in [-0.25, -0.2) is 4.79 Å². The first-order valence-corrected chi connectivity index (χ1v) is 19.5. The minimum atomic E-state index is -1.40. The molecule has 2 aromatic rings. The number of carbonyl (C=O) groups excluding carboxylic acids is 6. The summed E-state index contributed by atoms with van der Waals surface area (Å²) in [7, 11) is 0. The number of nitrogens with one attached hydrogen (secondary N) is 4. The molecule has 0 radical (unpaired) electrons. The summed E-state index contributed by atoms with van der Waals surface area (Å²) in [5.41, 5.74) is 1.17. The van der Waals surface area contributed by atoms with Crippen molar-refractivity contribution < 1.29 is 53.3 Å². The molecule has 0 bridgehead atoms. The van der Waals surface area contributed by atoms with Crippen LogP contribution in [-0.2, 0) is 49.7 Å². The van der Waals surface area contributed by atoms with E-state index in [0.29, 0.717) is 24.8 Å². The second kappa shape index (κ2) is 21.6. The molecule has 57 heavy (non-hydrogen) atoms. The lowest BCUT2D eigenvalue weighted by Gasteiger charge is -2.35. The lowest BCUT2D eigenvalue weighted by molar-refractivity contribution is -0.150. The Morgan fingerprint density at radius 3 is 2.07 bits per heavy atom. The Kier molecular flexibility index (Phi) is 16.7. The number of carboxylic acid groups (broad SMARTS) is 2. The van der Waals surface area contributed by atoms with Crippen LogP contribution in [0.5, 0.6) is 0 Å². The van der Waals surface area contributed by atoms with Crippen LogP contribution in [-0.4, -0.2) is 99.7 Å². The fraction of sp³-hybridized carbons (Fsp3) is 0.512. The van der Waals surface area contributed by atoms with E-state index in [9.17, 15) is 48.6 Å². The Balaban J connectivity index is 1.51. The molecule has 2 aliphatic rings. The largest absolute Gasteiger partial charge is 0.481 e. The maximum Gasteiger partial charge on any atom is 0.330 e. The molecule has 1 aliphatic heterocycles. The number of ketones is 1. The van der Waals surface area contributed by atoms with E-state index in [0.717, 1.165) is 24.8 Å². The number of carboxylic acids is 2. The molecular formula is C41H53N5O11. The van der Waals surface area contributed by atoms with Gasteiger partial charge in [-0.15, -0.1) is 0 Å². The van der Waals surface area contributed by atoms with E-state index < -0.39 is 90.0 Å². The molecule has 5 amide bonds. The summed E-state index contributed by atoms with van der Waals surface area (Å²) < 4.78 is 6.16. The van der Waals surface area contributed by atoms with Crippen molar-refractivity contribution in [3.63, 3.8) is 0 Å². The molecule has 2 fully saturated rings. The van der Waals surface area contributed by atoms with Crippen molar-refractivity contribution >= 4 is 47.3 Å². The summed E-state index contributed by atoms with van der Waals surface area (Å²) in [4.78, 5) is 106. The third-order valence-corrected chi connectivity index (χ3v) is 10.4. The molecule has 308 valence electrons. The van der Waals surface area contributed by atoms with Crippen LogP contribution >= 0.6 is 0 Å². The molecule has 1 heterocycles. The number of ether oxygens (including phenoxy) is 1. The highest BCUT2D eigenvalue weighted by Crippen LogP contribution is 2.31. The molecule has 2 aromatic carbocycles. The minimum Gasteiger partial charge on any atom is -0.481 e. The van der Waals surface area contributed by atoms with Gasteiger partial charge in [0.25, 0.3) is 5.91 Å². The molecule has 4 unspecified atom stereocenters. The van der Waals surface area contributed by atoms with Gasteiger partial charge < -0.3 is 41.1 Å². The number of likely N-dealkylation sites (tertiary alicyclic amines) is 1. The number of Topliss-reactive ketones (excluding diaryl/α,β-unsaturated/α-hetero) is 1. The van der Waals surface area contributed by atoms with Gasteiger partial charge in [0.05, 0.1) is 25.3 Å². The number of amides is 5. The van der Waals surface area contributed by atoms with Crippen molar-refractivity contribution in [1.29, 1.82) is 0 Å². The van der Waals surface area contributed by atoms with Gasteiger partial charge in [-0.05, 0) is 42.7 Å². The zero-order chi connectivity index (χ0) is 41.5. The summed E-state index contributed by atoms with van der Waals surface area (Å²) in [5, 5.41) is 29.2. The molecule has 1 saturated heterocycles. The zero-order valence-electron chi connectivity index (χ0n) is 32.3. The van der Waals surface area contributed by atoms with Gasteiger partial charge in [0, 0.05) is 13.0 Å². The van der Waals surface area contributed by atoms with E-state index in [-0.39, 0.29) is 38.3 Å². The van der Waals surface area contributed by atoms with Crippen LogP contribution in [0.1, 0.15) is 88.8 Å². The van der Waals surface area contributed by atoms with Crippen molar-refractivity contribution in [3.05, 3.63) is 71.8 Å². The molecular weight excluding hydrogens is 738 g/mol. The number of aliphatic carboxylic acids is 2. The maximum atomic E-state index is 14.5. The number of hydrogen-bond acceptors (Lipinski definition) is 9. The highest BCUT2D eigenvalue weighted by Gasteiger charge is 2.46. The molecule has 1 aliphatic carbocycles. The molecule has 0 aromatic heterocycles.